The van der Waals surface area contributed by atoms with E-state index in [9.17, 15) is 0 Å². The lowest BCUT2D eigenvalue weighted by Gasteiger charge is -2.03. The highest BCUT2D eigenvalue weighted by molar-refractivity contribution is 7.18. The van der Waals surface area contributed by atoms with Crippen LogP contribution in [-0.4, -0.2) is 17.2 Å². The van der Waals surface area contributed by atoms with Crippen molar-refractivity contribution in [3.8, 4) is 0 Å². The monoisotopic (exact) mass is 227 g/mol. The molecule has 0 aliphatic rings. The molecule has 6 heteroatoms. The largest absolute Gasteiger partial charge is 0.489 e. The van der Waals surface area contributed by atoms with Gasteiger partial charge in [0.2, 0.25) is 0 Å². The zero-order valence-corrected chi connectivity index (χ0v) is 8.64. The summed E-state index contributed by atoms with van der Waals surface area (Å²) in [6, 6.07) is 3.20. The smallest absolute Gasteiger partial charge is 0.423 e. The molecule has 1 aromatic carbocycles. The second-order valence-corrected chi connectivity index (χ2v) is 4.19. The standard InChI is InChI=1S/C8H7BClNO2S/c10-5-2-1-4(9(12)13)7-6(11)3-14-8(5)7/h1-3,12-13H,11H2. The van der Waals surface area contributed by atoms with Gasteiger partial charge in [-0.1, -0.05) is 17.7 Å². The number of anilines is 1. The predicted molar refractivity (Wildman–Crippen MR) is 61.1 cm³/mol. The molecule has 1 heterocycles. The summed E-state index contributed by atoms with van der Waals surface area (Å²) in [7, 11) is -1.52. The van der Waals surface area contributed by atoms with Gasteiger partial charge in [-0.3, -0.25) is 0 Å². The molecule has 3 nitrogen and oxygen atoms in total. The van der Waals surface area contributed by atoms with Gasteiger partial charge in [0.15, 0.2) is 0 Å². The third-order valence-electron chi connectivity index (χ3n) is 2.01. The molecule has 0 bridgehead atoms. The van der Waals surface area contributed by atoms with Crippen molar-refractivity contribution in [1.29, 1.82) is 0 Å². The van der Waals surface area contributed by atoms with Crippen LogP contribution in [-0.2, 0) is 0 Å². The number of hydrogen-bond acceptors (Lipinski definition) is 4. The number of halogens is 1. The average Bonchev–Trinajstić information content (AvgIpc) is 2.50. The van der Waals surface area contributed by atoms with E-state index in [1.165, 1.54) is 11.3 Å². The molecular formula is C8H7BClNO2S. The maximum absolute atomic E-state index is 9.12. The molecule has 0 fully saturated rings. The molecule has 14 heavy (non-hydrogen) atoms. The Kier molecular flexibility index (Phi) is 2.40. The van der Waals surface area contributed by atoms with E-state index < -0.39 is 7.12 Å². The summed E-state index contributed by atoms with van der Waals surface area (Å²) in [6.45, 7) is 0. The van der Waals surface area contributed by atoms with E-state index in [2.05, 4.69) is 0 Å². The molecule has 0 radical (unpaired) electrons. The van der Waals surface area contributed by atoms with Crippen LogP contribution in [0.15, 0.2) is 17.5 Å². The predicted octanol–water partition coefficient (Wildman–Crippen LogP) is 0.817. The fourth-order valence-corrected chi connectivity index (χ4v) is 2.57. The Labute approximate surface area is 89.9 Å². The summed E-state index contributed by atoms with van der Waals surface area (Å²) < 4.78 is 0.787. The van der Waals surface area contributed by atoms with E-state index in [1.807, 2.05) is 0 Å². The fraction of sp³-hybridized carbons (Fsp3) is 0. The molecule has 0 atom stereocenters. The van der Waals surface area contributed by atoms with E-state index >= 15 is 0 Å². The molecule has 0 unspecified atom stereocenters. The van der Waals surface area contributed by atoms with Gasteiger partial charge in [-0.25, -0.2) is 0 Å². The van der Waals surface area contributed by atoms with E-state index in [1.54, 1.807) is 17.5 Å². The van der Waals surface area contributed by atoms with Gasteiger partial charge >= 0.3 is 7.12 Å². The first-order valence-corrected chi connectivity index (χ1v) is 5.18. The van der Waals surface area contributed by atoms with Crippen molar-refractivity contribution < 1.29 is 10.0 Å². The number of rotatable bonds is 1. The first-order valence-electron chi connectivity index (χ1n) is 3.92. The van der Waals surface area contributed by atoms with Gasteiger partial charge in [0.25, 0.3) is 0 Å². The zero-order chi connectivity index (χ0) is 10.3. The molecule has 1 aromatic heterocycles. The average molecular weight is 227 g/mol. The molecule has 0 aliphatic heterocycles. The van der Waals surface area contributed by atoms with Gasteiger partial charge < -0.3 is 15.8 Å². The van der Waals surface area contributed by atoms with Crippen molar-refractivity contribution in [3.05, 3.63) is 22.5 Å². The fourth-order valence-electron chi connectivity index (χ4n) is 1.38. The van der Waals surface area contributed by atoms with Crippen molar-refractivity contribution in [3.63, 3.8) is 0 Å². The van der Waals surface area contributed by atoms with Crippen LogP contribution in [0.5, 0.6) is 0 Å². The number of nitrogen functional groups attached to an aromatic ring is 1. The van der Waals surface area contributed by atoms with Gasteiger partial charge in [0.05, 0.1) is 9.72 Å². The summed E-state index contributed by atoms with van der Waals surface area (Å²) in [4.78, 5) is 0. The number of hydrogen-bond donors (Lipinski definition) is 3. The van der Waals surface area contributed by atoms with Gasteiger partial charge in [-0.15, -0.1) is 11.3 Å². The van der Waals surface area contributed by atoms with Crippen molar-refractivity contribution in [2.24, 2.45) is 0 Å². The first kappa shape index (κ1) is 9.80. The first-order chi connectivity index (χ1) is 6.61. The number of benzene rings is 1. The maximum atomic E-state index is 9.12. The highest BCUT2D eigenvalue weighted by Gasteiger charge is 2.18. The minimum absolute atomic E-state index is 0.392. The van der Waals surface area contributed by atoms with E-state index in [4.69, 9.17) is 27.4 Å². The van der Waals surface area contributed by atoms with Crippen LogP contribution in [0.4, 0.5) is 5.69 Å². The minimum atomic E-state index is -1.52. The SMILES string of the molecule is Nc1csc2c(Cl)ccc(B(O)O)c12. The summed E-state index contributed by atoms with van der Waals surface area (Å²) in [5.74, 6) is 0. The van der Waals surface area contributed by atoms with Crippen molar-refractivity contribution in [2.45, 2.75) is 0 Å². The third kappa shape index (κ3) is 1.38. The quantitative estimate of drug-likeness (QED) is 0.632. The van der Waals surface area contributed by atoms with Crippen molar-refractivity contribution >= 4 is 51.3 Å². The Bertz CT molecular complexity index is 485. The van der Waals surface area contributed by atoms with Crippen LogP contribution in [0.3, 0.4) is 0 Å². The van der Waals surface area contributed by atoms with Crippen LogP contribution >= 0.6 is 22.9 Å². The Morgan fingerprint density at radius 2 is 2.07 bits per heavy atom. The topological polar surface area (TPSA) is 66.5 Å². The highest BCUT2D eigenvalue weighted by atomic mass is 35.5. The van der Waals surface area contributed by atoms with Crippen LogP contribution in [0, 0.1) is 0 Å². The lowest BCUT2D eigenvalue weighted by Crippen LogP contribution is -2.30. The molecule has 0 aliphatic carbocycles. The lowest BCUT2D eigenvalue weighted by molar-refractivity contribution is 0.426. The van der Waals surface area contributed by atoms with E-state index in [0.29, 0.717) is 21.6 Å². The number of thiophene rings is 1. The summed E-state index contributed by atoms with van der Waals surface area (Å²) in [6.07, 6.45) is 0. The van der Waals surface area contributed by atoms with Crippen molar-refractivity contribution in [2.75, 3.05) is 5.73 Å². The maximum Gasteiger partial charge on any atom is 0.489 e. The molecule has 72 valence electrons. The molecule has 2 aromatic rings. The second-order valence-electron chi connectivity index (χ2n) is 2.91. The Balaban J connectivity index is 2.85. The van der Waals surface area contributed by atoms with Crippen LogP contribution in [0.25, 0.3) is 10.1 Å². The minimum Gasteiger partial charge on any atom is -0.423 e. The van der Waals surface area contributed by atoms with Crippen molar-refractivity contribution in [1.82, 2.24) is 0 Å². The lowest BCUT2D eigenvalue weighted by atomic mass is 9.78. The van der Waals surface area contributed by atoms with Crippen LogP contribution < -0.4 is 11.2 Å². The summed E-state index contributed by atoms with van der Waals surface area (Å²) in [5, 5.41) is 21.2. The van der Waals surface area contributed by atoms with E-state index in [-0.39, 0.29) is 0 Å². The third-order valence-corrected chi connectivity index (χ3v) is 3.47. The summed E-state index contributed by atoms with van der Waals surface area (Å²) >= 11 is 7.33. The van der Waals surface area contributed by atoms with E-state index in [0.717, 1.165) is 4.70 Å². The highest BCUT2D eigenvalue weighted by Crippen LogP contribution is 2.32. The number of nitrogens with two attached hydrogens (primary N) is 1. The summed E-state index contributed by atoms with van der Waals surface area (Å²) in [5.41, 5.74) is 6.63. The second kappa shape index (κ2) is 3.44. The molecule has 0 saturated heterocycles. The number of fused-ring (bicyclic) bond motifs is 1. The Morgan fingerprint density at radius 3 is 2.71 bits per heavy atom. The molecule has 4 N–H and O–H groups in total. The van der Waals surface area contributed by atoms with Gasteiger partial charge in [-0.2, -0.15) is 0 Å². The van der Waals surface area contributed by atoms with Gasteiger partial charge in [0, 0.05) is 16.5 Å². The molecular weight excluding hydrogens is 220 g/mol. The zero-order valence-electron chi connectivity index (χ0n) is 7.07. The van der Waals surface area contributed by atoms with Crippen LogP contribution in [0.1, 0.15) is 0 Å². The molecule has 0 saturated carbocycles. The Morgan fingerprint density at radius 1 is 1.36 bits per heavy atom. The van der Waals surface area contributed by atoms with Crippen LogP contribution in [0.2, 0.25) is 5.02 Å². The molecule has 0 spiro atoms. The van der Waals surface area contributed by atoms with Gasteiger partial charge in [0.1, 0.15) is 0 Å². The molecule has 0 amide bonds. The normalized spacial score (nSPS) is 10.8. The molecule has 2 rings (SSSR count). The van der Waals surface area contributed by atoms with Gasteiger partial charge in [-0.05, 0) is 11.5 Å². The Hall–Kier alpha value is -0.745.